The van der Waals surface area contributed by atoms with E-state index in [2.05, 4.69) is 17.6 Å². The van der Waals surface area contributed by atoms with Crippen LogP contribution < -0.4 is 15.4 Å². The lowest BCUT2D eigenvalue weighted by Gasteiger charge is -2.35. The molecular weight excluding hydrogens is 528 g/mol. The summed E-state index contributed by atoms with van der Waals surface area (Å²) in [5, 5.41) is 15.8. The zero-order chi connectivity index (χ0) is 28.8. The summed E-state index contributed by atoms with van der Waals surface area (Å²) in [7, 11) is -3.72. The van der Waals surface area contributed by atoms with E-state index in [-0.39, 0.29) is 22.4 Å². The number of nitrogens with one attached hydrogen (secondary N) is 2. The molecule has 0 radical (unpaired) electrons. The Morgan fingerprint density at radius 3 is 2.35 bits per heavy atom. The fourth-order valence-electron chi connectivity index (χ4n) is 5.21. The minimum atomic E-state index is -3.72. The Labute approximate surface area is 235 Å². The van der Waals surface area contributed by atoms with Gasteiger partial charge in [0.2, 0.25) is 0 Å². The predicted molar refractivity (Wildman–Crippen MR) is 153 cm³/mol. The average molecular weight is 565 g/mol. The van der Waals surface area contributed by atoms with Gasteiger partial charge in [-0.1, -0.05) is 93.4 Å². The molecule has 0 aliphatic carbocycles. The zero-order valence-electron chi connectivity index (χ0n) is 22.8. The van der Waals surface area contributed by atoms with Gasteiger partial charge in [0, 0.05) is 5.54 Å². The number of hydrogen-bond acceptors (Lipinski definition) is 6. The summed E-state index contributed by atoms with van der Waals surface area (Å²) in [6.45, 7) is 3.64. The Morgan fingerprint density at radius 1 is 1.05 bits per heavy atom. The molecule has 0 saturated heterocycles. The molecule has 40 heavy (non-hydrogen) atoms. The first-order valence-corrected chi connectivity index (χ1v) is 15.2. The molecule has 1 aliphatic rings. The molecule has 0 spiro atoms. The third-order valence-corrected chi connectivity index (χ3v) is 9.38. The Morgan fingerprint density at radius 2 is 1.73 bits per heavy atom. The fourth-order valence-corrected chi connectivity index (χ4v) is 7.37. The summed E-state index contributed by atoms with van der Waals surface area (Å²) in [6, 6.07) is 21.4. The third-order valence-electron chi connectivity index (χ3n) is 7.42. The van der Waals surface area contributed by atoms with Crippen molar-refractivity contribution in [1.82, 2.24) is 10.6 Å². The summed E-state index contributed by atoms with van der Waals surface area (Å²) in [5.74, 6) is -1.66. The highest BCUT2D eigenvalue weighted by molar-refractivity contribution is 7.91. The number of benzene rings is 3. The van der Waals surface area contributed by atoms with Gasteiger partial charge < -0.3 is 15.2 Å². The standard InChI is InChI=1S/C31H36N2O6S/c1-3-5-18-31(4-2)21-40(37,38)26-19-24(16-17-25(26)28(33-31)22-12-8-6-9-13-22)39-20-27(34)32-29(30(35)36)23-14-10-7-11-15-23/h6-17,19,28-29,33H,3-5,18,20-21H2,1-2H3,(H,32,34)(H,35,36)/t28-,29-,31-/m1/s1. The van der Waals surface area contributed by atoms with Crippen LogP contribution in [-0.2, 0) is 19.4 Å². The first-order chi connectivity index (χ1) is 19.2. The van der Waals surface area contributed by atoms with E-state index >= 15 is 0 Å². The molecule has 0 bridgehead atoms. The number of hydrogen-bond donors (Lipinski definition) is 3. The van der Waals surface area contributed by atoms with Crippen LogP contribution in [0.15, 0.2) is 83.8 Å². The van der Waals surface area contributed by atoms with E-state index < -0.39 is 39.9 Å². The highest BCUT2D eigenvalue weighted by Crippen LogP contribution is 2.39. The van der Waals surface area contributed by atoms with E-state index in [1.165, 1.54) is 6.07 Å². The van der Waals surface area contributed by atoms with Gasteiger partial charge in [-0.25, -0.2) is 13.2 Å². The van der Waals surface area contributed by atoms with Crippen LogP contribution in [0.2, 0.25) is 0 Å². The maximum atomic E-state index is 13.8. The maximum Gasteiger partial charge on any atom is 0.330 e. The number of carbonyl (C=O) groups excluding carboxylic acids is 1. The molecule has 8 nitrogen and oxygen atoms in total. The second-order valence-electron chi connectivity index (χ2n) is 10.2. The van der Waals surface area contributed by atoms with Gasteiger partial charge >= 0.3 is 5.97 Å². The maximum absolute atomic E-state index is 13.8. The van der Waals surface area contributed by atoms with Crippen LogP contribution in [0.5, 0.6) is 5.75 Å². The molecule has 3 aromatic rings. The molecular formula is C31H36N2O6S. The molecule has 3 aromatic carbocycles. The number of ether oxygens (including phenoxy) is 1. The summed E-state index contributed by atoms with van der Waals surface area (Å²) in [5.41, 5.74) is 1.42. The largest absolute Gasteiger partial charge is 0.484 e. The highest BCUT2D eigenvalue weighted by Gasteiger charge is 2.42. The summed E-state index contributed by atoms with van der Waals surface area (Å²) in [6.07, 6.45) is 3.24. The van der Waals surface area contributed by atoms with Gasteiger partial charge in [0.05, 0.1) is 16.7 Å². The number of carboxylic acid groups (broad SMARTS) is 1. The molecule has 1 amide bonds. The van der Waals surface area contributed by atoms with Crippen LogP contribution >= 0.6 is 0 Å². The fraction of sp³-hybridized carbons (Fsp3) is 0.355. The van der Waals surface area contributed by atoms with E-state index in [9.17, 15) is 23.1 Å². The average Bonchev–Trinajstić information content (AvgIpc) is 3.06. The SMILES string of the molecule is CCCC[C@]1(CC)CS(=O)(=O)c2cc(OCC(=O)N[C@@H](C(=O)O)c3ccccc3)ccc2[C@@H](c2ccccc2)N1. The second-order valence-corrected chi connectivity index (χ2v) is 12.2. The molecule has 0 aromatic heterocycles. The van der Waals surface area contributed by atoms with E-state index in [0.717, 1.165) is 24.8 Å². The lowest BCUT2D eigenvalue weighted by molar-refractivity contribution is -0.142. The molecule has 0 saturated carbocycles. The number of carbonyl (C=O) groups is 2. The van der Waals surface area contributed by atoms with Crippen LogP contribution in [0.25, 0.3) is 0 Å². The van der Waals surface area contributed by atoms with Crippen molar-refractivity contribution in [2.75, 3.05) is 12.4 Å². The molecule has 0 fully saturated rings. The number of aliphatic carboxylic acids is 1. The minimum Gasteiger partial charge on any atom is -0.484 e. The Balaban J connectivity index is 1.61. The van der Waals surface area contributed by atoms with Crippen molar-refractivity contribution in [3.63, 3.8) is 0 Å². The van der Waals surface area contributed by atoms with Crippen molar-refractivity contribution in [1.29, 1.82) is 0 Å². The van der Waals surface area contributed by atoms with E-state index in [4.69, 9.17) is 4.74 Å². The zero-order valence-corrected chi connectivity index (χ0v) is 23.6. The summed E-state index contributed by atoms with van der Waals surface area (Å²) >= 11 is 0. The van der Waals surface area contributed by atoms with Crippen molar-refractivity contribution in [3.05, 3.63) is 95.6 Å². The number of carboxylic acids is 1. The Kier molecular flexibility index (Phi) is 9.27. The second kappa shape index (κ2) is 12.7. The predicted octanol–water partition coefficient (Wildman–Crippen LogP) is 4.81. The van der Waals surface area contributed by atoms with Crippen LogP contribution in [-0.4, -0.2) is 43.3 Å². The van der Waals surface area contributed by atoms with Gasteiger partial charge in [-0.15, -0.1) is 0 Å². The van der Waals surface area contributed by atoms with Crippen LogP contribution in [0.4, 0.5) is 0 Å². The molecule has 212 valence electrons. The normalized spacial score (nSPS) is 20.5. The molecule has 9 heteroatoms. The number of fused-ring (bicyclic) bond motifs is 1. The number of sulfone groups is 1. The topological polar surface area (TPSA) is 122 Å². The van der Waals surface area contributed by atoms with Gasteiger partial charge in [0.15, 0.2) is 22.5 Å². The lowest BCUT2D eigenvalue weighted by atomic mass is 9.88. The van der Waals surface area contributed by atoms with Crippen LogP contribution in [0.1, 0.15) is 68.3 Å². The summed E-state index contributed by atoms with van der Waals surface area (Å²) in [4.78, 5) is 24.5. The quantitative estimate of drug-likeness (QED) is 0.305. The molecule has 3 atom stereocenters. The first-order valence-electron chi connectivity index (χ1n) is 13.6. The molecule has 1 aliphatic heterocycles. The molecule has 1 heterocycles. The van der Waals surface area contributed by atoms with Gasteiger partial charge in [0.25, 0.3) is 5.91 Å². The first kappa shape index (κ1) is 29.3. The highest BCUT2D eigenvalue weighted by atomic mass is 32.2. The summed E-state index contributed by atoms with van der Waals surface area (Å²) < 4.78 is 33.3. The van der Waals surface area contributed by atoms with Gasteiger partial charge in [-0.05, 0) is 41.7 Å². The Hall–Kier alpha value is -3.69. The van der Waals surface area contributed by atoms with Crippen molar-refractivity contribution in [3.8, 4) is 5.75 Å². The number of amides is 1. The molecule has 0 unspecified atom stereocenters. The Bertz CT molecular complexity index is 1430. The lowest BCUT2D eigenvalue weighted by Crippen LogP contribution is -2.50. The third kappa shape index (κ3) is 6.71. The molecule has 3 N–H and O–H groups in total. The monoisotopic (exact) mass is 564 g/mol. The minimum absolute atomic E-state index is 0.0475. The number of unbranched alkanes of at least 4 members (excludes halogenated alkanes) is 1. The van der Waals surface area contributed by atoms with Crippen molar-refractivity contribution < 1.29 is 27.9 Å². The van der Waals surface area contributed by atoms with Gasteiger partial charge in [-0.3, -0.25) is 10.1 Å². The van der Waals surface area contributed by atoms with Crippen molar-refractivity contribution in [2.45, 2.75) is 62.0 Å². The van der Waals surface area contributed by atoms with Gasteiger partial charge in [-0.2, -0.15) is 0 Å². The van der Waals surface area contributed by atoms with Crippen molar-refractivity contribution in [2.24, 2.45) is 0 Å². The smallest absolute Gasteiger partial charge is 0.330 e. The van der Waals surface area contributed by atoms with Crippen molar-refractivity contribution >= 4 is 21.7 Å². The van der Waals surface area contributed by atoms with E-state index in [1.54, 1.807) is 42.5 Å². The molecule has 4 rings (SSSR count). The van der Waals surface area contributed by atoms with Crippen LogP contribution in [0, 0.1) is 0 Å². The van der Waals surface area contributed by atoms with E-state index in [1.807, 2.05) is 37.3 Å². The van der Waals surface area contributed by atoms with Gasteiger partial charge in [0.1, 0.15) is 5.75 Å². The van der Waals surface area contributed by atoms with E-state index in [0.29, 0.717) is 17.5 Å². The van der Waals surface area contributed by atoms with Crippen LogP contribution in [0.3, 0.4) is 0 Å². The number of rotatable bonds is 11.